The van der Waals surface area contributed by atoms with Crippen LogP contribution in [0.3, 0.4) is 0 Å². The highest BCUT2D eigenvalue weighted by atomic mass is 32.2. The molecule has 0 saturated heterocycles. The Labute approximate surface area is 118 Å². The lowest BCUT2D eigenvalue weighted by molar-refractivity contribution is 0.660. The normalized spacial score (nSPS) is 12.6. The van der Waals surface area contributed by atoms with Gasteiger partial charge in [-0.2, -0.15) is 0 Å². The number of H-pyrrole nitrogens is 1. The molecule has 1 aromatic carbocycles. The van der Waals surface area contributed by atoms with Gasteiger partial charge < -0.3 is 5.32 Å². The quantitative estimate of drug-likeness (QED) is 0.797. The Bertz CT molecular complexity index is 506. The van der Waals surface area contributed by atoms with Crippen molar-refractivity contribution in [3.8, 4) is 0 Å². The first-order valence-electron chi connectivity index (χ1n) is 6.50. The van der Waals surface area contributed by atoms with Crippen LogP contribution in [-0.2, 0) is 6.42 Å². The number of benzene rings is 1. The zero-order chi connectivity index (χ0) is 13.7. The fraction of sp³-hybridized carbons (Fsp3) is 0.429. The van der Waals surface area contributed by atoms with Crippen LogP contribution in [0.4, 0.5) is 0 Å². The molecule has 0 bridgehead atoms. The third-order valence-corrected chi connectivity index (χ3v) is 4.04. The number of nitrogens with one attached hydrogen (secondary N) is 2. The molecule has 0 fully saturated rings. The number of thioether (sulfide) groups is 1. The summed E-state index contributed by atoms with van der Waals surface area (Å²) in [6, 6.07) is 9.10. The molecule has 19 heavy (non-hydrogen) atoms. The molecule has 4 nitrogen and oxygen atoms in total. The van der Waals surface area contributed by atoms with Crippen molar-refractivity contribution in [2.75, 3.05) is 12.8 Å². The van der Waals surface area contributed by atoms with Crippen molar-refractivity contribution in [2.45, 2.75) is 31.5 Å². The molecule has 0 spiro atoms. The fourth-order valence-corrected chi connectivity index (χ4v) is 2.86. The van der Waals surface area contributed by atoms with Gasteiger partial charge in [-0.25, -0.2) is 4.98 Å². The van der Waals surface area contributed by atoms with E-state index in [1.165, 1.54) is 11.1 Å². The average Bonchev–Trinajstić information content (AvgIpc) is 2.86. The highest BCUT2D eigenvalue weighted by Crippen LogP contribution is 2.22. The Morgan fingerprint density at radius 1 is 1.32 bits per heavy atom. The molecule has 2 rings (SSSR count). The molecule has 0 radical (unpaired) electrons. The summed E-state index contributed by atoms with van der Waals surface area (Å²) in [6.07, 6.45) is 1.08. The minimum atomic E-state index is 0.315. The van der Waals surface area contributed by atoms with E-state index in [0.29, 0.717) is 6.04 Å². The Kier molecular flexibility index (Phi) is 4.99. The van der Waals surface area contributed by atoms with Crippen LogP contribution >= 0.6 is 11.8 Å². The van der Waals surface area contributed by atoms with Crippen LogP contribution in [0.2, 0.25) is 0 Å². The molecule has 0 amide bonds. The van der Waals surface area contributed by atoms with E-state index < -0.39 is 0 Å². The zero-order valence-corrected chi connectivity index (χ0v) is 12.4. The van der Waals surface area contributed by atoms with Gasteiger partial charge in [-0.15, -0.1) is 5.10 Å². The number of hydrogen-bond donors (Lipinski definition) is 2. The zero-order valence-electron chi connectivity index (χ0n) is 11.6. The molecule has 102 valence electrons. The molecule has 1 aromatic heterocycles. The van der Waals surface area contributed by atoms with E-state index in [4.69, 9.17) is 0 Å². The maximum Gasteiger partial charge on any atom is 0.208 e. The van der Waals surface area contributed by atoms with Gasteiger partial charge in [-0.1, -0.05) is 43.0 Å². The summed E-state index contributed by atoms with van der Waals surface area (Å²) in [6.45, 7) is 4.09. The van der Waals surface area contributed by atoms with Gasteiger partial charge in [0.1, 0.15) is 5.82 Å². The highest BCUT2D eigenvalue weighted by Gasteiger charge is 2.11. The predicted octanol–water partition coefficient (Wildman–Crippen LogP) is 2.73. The molecule has 1 heterocycles. The molecule has 1 atom stereocenters. The topological polar surface area (TPSA) is 53.6 Å². The van der Waals surface area contributed by atoms with E-state index in [1.807, 2.05) is 14.0 Å². The first-order valence-corrected chi connectivity index (χ1v) is 7.49. The third kappa shape index (κ3) is 3.81. The van der Waals surface area contributed by atoms with Crippen molar-refractivity contribution in [3.63, 3.8) is 0 Å². The van der Waals surface area contributed by atoms with E-state index in [9.17, 15) is 0 Å². The van der Waals surface area contributed by atoms with E-state index in [2.05, 4.69) is 51.7 Å². The van der Waals surface area contributed by atoms with Crippen molar-refractivity contribution in [2.24, 2.45) is 0 Å². The second-order valence-corrected chi connectivity index (χ2v) is 5.44. The first-order chi connectivity index (χ1) is 9.22. The number of aryl methyl sites for hydroxylation is 2. The van der Waals surface area contributed by atoms with Gasteiger partial charge in [-0.05, 0) is 31.5 Å². The summed E-state index contributed by atoms with van der Waals surface area (Å²) in [5.74, 6) is 1.77. The summed E-state index contributed by atoms with van der Waals surface area (Å²) in [4.78, 5) is 4.31. The van der Waals surface area contributed by atoms with Crippen molar-refractivity contribution in [1.29, 1.82) is 0 Å². The second-order valence-electron chi connectivity index (χ2n) is 4.45. The van der Waals surface area contributed by atoms with Crippen molar-refractivity contribution in [1.82, 2.24) is 20.5 Å². The summed E-state index contributed by atoms with van der Waals surface area (Å²) in [7, 11) is 1.99. The monoisotopic (exact) mass is 276 g/mol. The van der Waals surface area contributed by atoms with Crippen molar-refractivity contribution in [3.05, 3.63) is 41.2 Å². The van der Waals surface area contributed by atoms with Gasteiger partial charge >= 0.3 is 0 Å². The van der Waals surface area contributed by atoms with Crippen LogP contribution in [0.25, 0.3) is 0 Å². The van der Waals surface area contributed by atoms with E-state index >= 15 is 0 Å². The molecular formula is C14H20N4S. The van der Waals surface area contributed by atoms with Crippen LogP contribution in [0.15, 0.2) is 29.4 Å². The van der Waals surface area contributed by atoms with Crippen LogP contribution in [0.5, 0.6) is 0 Å². The number of rotatable bonds is 6. The number of aromatic nitrogens is 3. The molecular weight excluding hydrogens is 256 g/mol. The van der Waals surface area contributed by atoms with E-state index in [-0.39, 0.29) is 0 Å². The molecule has 1 unspecified atom stereocenters. The SMILES string of the molecule is CCc1ccc(C(CSc2n[nH]c(C)n2)NC)cc1. The lowest BCUT2D eigenvalue weighted by Gasteiger charge is -2.15. The van der Waals surface area contributed by atoms with Gasteiger partial charge in [-0.3, -0.25) is 5.10 Å². The minimum absolute atomic E-state index is 0.315. The van der Waals surface area contributed by atoms with Crippen molar-refractivity contribution < 1.29 is 0 Å². The van der Waals surface area contributed by atoms with E-state index in [0.717, 1.165) is 23.2 Å². The lowest BCUT2D eigenvalue weighted by Crippen LogP contribution is -2.18. The molecule has 0 aliphatic heterocycles. The standard InChI is InChI=1S/C14H20N4S/c1-4-11-5-7-12(8-6-11)13(15-3)9-19-14-16-10(2)17-18-14/h5-8,13,15H,4,9H2,1-3H3,(H,16,17,18). The first kappa shape index (κ1) is 14.1. The van der Waals surface area contributed by atoms with Gasteiger partial charge in [0.25, 0.3) is 0 Å². The average molecular weight is 276 g/mol. The smallest absolute Gasteiger partial charge is 0.208 e. The third-order valence-electron chi connectivity index (χ3n) is 3.09. The Hall–Kier alpha value is -1.33. The van der Waals surface area contributed by atoms with Crippen molar-refractivity contribution >= 4 is 11.8 Å². The number of nitrogens with zero attached hydrogens (tertiary/aromatic N) is 2. The Morgan fingerprint density at radius 2 is 2.05 bits per heavy atom. The fourth-order valence-electron chi connectivity index (χ4n) is 1.88. The molecule has 5 heteroatoms. The predicted molar refractivity (Wildman–Crippen MR) is 79.5 cm³/mol. The van der Waals surface area contributed by atoms with Crippen LogP contribution in [-0.4, -0.2) is 28.0 Å². The Morgan fingerprint density at radius 3 is 2.58 bits per heavy atom. The summed E-state index contributed by atoms with van der Waals surface area (Å²) in [5.41, 5.74) is 2.68. The minimum Gasteiger partial charge on any atom is -0.312 e. The Balaban J connectivity index is 1.98. The maximum absolute atomic E-state index is 4.31. The largest absolute Gasteiger partial charge is 0.312 e. The van der Waals surface area contributed by atoms with E-state index in [1.54, 1.807) is 11.8 Å². The molecule has 0 aliphatic rings. The summed E-state index contributed by atoms with van der Waals surface area (Å²) < 4.78 is 0. The number of aromatic amines is 1. The van der Waals surface area contributed by atoms with Crippen LogP contribution < -0.4 is 5.32 Å². The van der Waals surface area contributed by atoms with Gasteiger partial charge in [0, 0.05) is 11.8 Å². The van der Waals surface area contributed by atoms with Crippen LogP contribution in [0.1, 0.15) is 29.9 Å². The lowest BCUT2D eigenvalue weighted by atomic mass is 10.1. The van der Waals surface area contributed by atoms with Gasteiger partial charge in [0.2, 0.25) is 5.16 Å². The molecule has 0 saturated carbocycles. The highest BCUT2D eigenvalue weighted by molar-refractivity contribution is 7.99. The van der Waals surface area contributed by atoms with Crippen LogP contribution in [0, 0.1) is 6.92 Å². The summed E-state index contributed by atoms with van der Waals surface area (Å²) in [5, 5.41) is 11.2. The van der Waals surface area contributed by atoms with Gasteiger partial charge in [0.05, 0.1) is 0 Å². The molecule has 2 N–H and O–H groups in total. The second kappa shape index (κ2) is 6.73. The molecule has 0 aliphatic carbocycles. The summed E-state index contributed by atoms with van der Waals surface area (Å²) >= 11 is 1.66. The molecule has 2 aromatic rings. The van der Waals surface area contributed by atoms with Gasteiger partial charge in [0.15, 0.2) is 0 Å². The number of hydrogen-bond acceptors (Lipinski definition) is 4. The maximum atomic E-state index is 4.31.